The molecule has 0 aromatic rings. The molecule has 0 saturated heterocycles. The predicted molar refractivity (Wildman–Crippen MR) is 187 cm³/mol. The Labute approximate surface area is 261 Å². The third-order valence-corrected chi connectivity index (χ3v) is 7.38. The van der Waals surface area contributed by atoms with Gasteiger partial charge in [0.2, 0.25) is 0 Å². The first-order valence-corrected chi connectivity index (χ1v) is 15.2. The van der Waals surface area contributed by atoms with E-state index in [2.05, 4.69) is 89.3 Å². The van der Waals surface area contributed by atoms with Gasteiger partial charge in [-0.05, 0) is 79.4 Å². The zero-order valence-electron chi connectivity index (χ0n) is 28.1. The molecule has 0 amide bonds. The SMILES string of the molecule is CC(C)=CCC/C(C)=C/C=C/C(C)=C/C=C/C(C)=C/C=C/C=C(C)/C=C/C=C(C)/C=C/C1=C(C)C(=O)[C@H](O)[C@@H](O)C1(C)C. The first-order chi connectivity index (χ1) is 20.2. The van der Waals surface area contributed by atoms with Crippen molar-refractivity contribution < 1.29 is 15.0 Å². The number of carbonyl (C=O) groups is 1. The number of allylic oxidation sites excluding steroid dienone is 22. The van der Waals surface area contributed by atoms with Crippen LogP contribution in [-0.4, -0.2) is 28.2 Å². The van der Waals surface area contributed by atoms with Crippen LogP contribution in [0.1, 0.15) is 82.1 Å². The molecular weight excluding hydrogens is 528 g/mol. The molecule has 3 nitrogen and oxygen atoms in total. The monoisotopic (exact) mass is 582 g/mol. The molecule has 0 aromatic carbocycles. The Bertz CT molecular complexity index is 1330. The molecule has 0 spiro atoms. The normalized spacial score (nSPS) is 21.6. The van der Waals surface area contributed by atoms with Crippen LogP contribution in [0.15, 0.2) is 142 Å². The Morgan fingerprint density at radius 1 is 0.698 bits per heavy atom. The number of rotatable bonds is 13. The molecule has 0 unspecified atom stereocenters. The maximum atomic E-state index is 12.3. The van der Waals surface area contributed by atoms with Gasteiger partial charge >= 0.3 is 0 Å². The molecule has 0 fully saturated rings. The van der Waals surface area contributed by atoms with Crippen LogP contribution in [-0.2, 0) is 4.79 Å². The number of ketones is 1. The Hall–Kier alpha value is -3.53. The minimum absolute atomic E-state index is 0.414. The van der Waals surface area contributed by atoms with E-state index >= 15 is 0 Å². The molecule has 3 heteroatoms. The lowest BCUT2D eigenvalue weighted by molar-refractivity contribution is -0.135. The lowest BCUT2D eigenvalue weighted by atomic mass is 9.69. The van der Waals surface area contributed by atoms with E-state index in [1.165, 1.54) is 22.3 Å². The minimum atomic E-state index is -1.37. The fourth-order valence-corrected chi connectivity index (χ4v) is 4.47. The fourth-order valence-electron chi connectivity index (χ4n) is 4.47. The van der Waals surface area contributed by atoms with Crippen molar-refractivity contribution in [2.45, 2.75) is 94.3 Å². The lowest BCUT2D eigenvalue weighted by Gasteiger charge is -2.39. The molecule has 2 atom stereocenters. The smallest absolute Gasteiger partial charge is 0.189 e. The second kappa shape index (κ2) is 18.9. The van der Waals surface area contributed by atoms with Crippen molar-refractivity contribution in [1.29, 1.82) is 0 Å². The molecular formula is C40H54O3. The van der Waals surface area contributed by atoms with Crippen LogP contribution in [0.5, 0.6) is 0 Å². The summed E-state index contributed by atoms with van der Waals surface area (Å²) in [4.78, 5) is 12.3. The molecule has 0 aliphatic heterocycles. The Morgan fingerprint density at radius 3 is 1.63 bits per heavy atom. The maximum Gasteiger partial charge on any atom is 0.189 e. The summed E-state index contributed by atoms with van der Waals surface area (Å²) < 4.78 is 0. The van der Waals surface area contributed by atoms with Crippen molar-refractivity contribution in [3.05, 3.63) is 142 Å². The fraction of sp³-hybridized carbons (Fsp3) is 0.375. The standard InChI is InChI=1S/C40H54O3/c1-29(2)17-13-20-32(5)23-15-25-33(6)24-14-21-30(3)18-11-12-19-31(4)22-16-26-34(7)27-28-36-35(8)37(41)38(42)39(43)40(36,9)10/h11-12,14-19,21-28,38-39,42-43H,13,20H2,1-10H3/b12-11+,21-14+,22-16+,25-15+,28-27+,30-18+,31-19+,32-23+,33-24+,34-26+/t38-,39+/m0/s1. The largest absolute Gasteiger partial charge is 0.389 e. The molecule has 0 saturated carbocycles. The van der Waals surface area contributed by atoms with E-state index in [9.17, 15) is 15.0 Å². The Kier molecular flexibility index (Phi) is 16.5. The van der Waals surface area contributed by atoms with Crippen LogP contribution in [0.4, 0.5) is 0 Å². The summed E-state index contributed by atoms with van der Waals surface area (Å²) in [5, 5.41) is 20.4. The van der Waals surface area contributed by atoms with E-state index in [1.807, 2.05) is 70.2 Å². The number of hydrogen-bond donors (Lipinski definition) is 2. The molecule has 0 aromatic heterocycles. The van der Waals surface area contributed by atoms with E-state index in [0.717, 1.165) is 29.6 Å². The second-order valence-corrected chi connectivity index (χ2v) is 12.3. The molecule has 0 radical (unpaired) electrons. The quantitative estimate of drug-likeness (QED) is 0.168. The zero-order chi connectivity index (χ0) is 32.6. The van der Waals surface area contributed by atoms with Gasteiger partial charge in [0.25, 0.3) is 0 Å². The molecule has 2 N–H and O–H groups in total. The molecule has 43 heavy (non-hydrogen) atoms. The number of carbonyl (C=O) groups excluding carboxylic acids is 1. The van der Waals surface area contributed by atoms with Crippen LogP contribution >= 0.6 is 0 Å². The summed E-state index contributed by atoms with van der Waals surface area (Å²) in [5.41, 5.74) is 7.79. The number of aliphatic hydroxyl groups excluding tert-OH is 2. The maximum absolute atomic E-state index is 12.3. The van der Waals surface area contributed by atoms with E-state index in [1.54, 1.807) is 6.92 Å². The van der Waals surface area contributed by atoms with Crippen LogP contribution in [0.2, 0.25) is 0 Å². The molecule has 232 valence electrons. The summed E-state index contributed by atoms with van der Waals surface area (Å²) in [6.07, 6.45) is 32.8. The average Bonchev–Trinajstić information content (AvgIpc) is 2.93. The topological polar surface area (TPSA) is 57.5 Å². The Morgan fingerprint density at radius 2 is 1.14 bits per heavy atom. The average molecular weight is 583 g/mol. The number of Topliss-reactive ketones (excluding diaryl/α,β-unsaturated/α-hetero) is 1. The summed E-state index contributed by atoms with van der Waals surface area (Å²) in [6, 6.07) is 0. The first kappa shape index (κ1) is 37.5. The van der Waals surface area contributed by atoms with E-state index in [-0.39, 0.29) is 0 Å². The summed E-state index contributed by atoms with van der Waals surface area (Å²) in [5.74, 6) is -0.414. The van der Waals surface area contributed by atoms with Gasteiger partial charge in [0.15, 0.2) is 5.78 Å². The van der Waals surface area contributed by atoms with E-state index < -0.39 is 23.4 Å². The van der Waals surface area contributed by atoms with Gasteiger partial charge in [-0.25, -0.2) is 0 Å². The van der Waals surface area contributed by atoms with Gasteiger partial charge in [-0.15, -0.1) is 0 Å². The summed E-state index contributed by atoms with van der Waals surface area (Å²) >= 11 is 0. The van der Waals surface area contributed by atoms with Gasteiger partial charge in [0, 0.05) is 5.41 Å². The first-order valence-electron chi connectivity index (χ1n) is 15.2. The van der Waals surface area contributed by atoms with Gasteiger partial charge in [0.05, 0.1) is 6.10 Å². The highest BCUT2D eigenvalue weighted by Gasteiger charge is 2.44. The highest BCUT2D eigenvalue weighted by molar-refractivity contribution is 6.01. The van der Waals surface area contributed by atoms with Crippen molar-refractivity contribution >= 4 is 5.78 Å². The molecule has 1 aliphatic rings. The zero-order valence-corrected chi connectivity index (χ0v) is 28.1. The number of aliphatic hydroxyl groups is 2. The van der Waals surface area contributed by atoms with Crippen molar-refractivity contribution in [2.24, 2.45) is 5.41 Å². The van der Waals surface area contributed by atoms with E-state index in [0.29, 0.717) is 5.57 Å². The van der Waals surface area contributed by atoms with Crippen molar-refractivity contribution in [1.82, 2.24) is 0 Å². The van der Waals surface area contributed by atoms with Gasteiger partial charge in [-0.1, -0.05) is 145 Å². The minimum Gasteiger partial charge on any atom is -0.389 e. The van der Waals surface area contributed by atoms with Crippen LogP contribution in [0, 0.1) is 5.41 Å². The van der Waals surface area contributed by atoms with Gasteiger partial charge in [0.1, 0.15) is 6.10 Å². The third kappa shape index (κ3) is 14.0. The molecule has 0 bridgehead atoms. The van der Waals surface area contributed by atoms with Gasteiger partial charge in [-0.2, -0.15) is 0 Å². The van der Waals surface area contributed by atoms with Crippen LogP contribution < -0.4 is 0 Å². The number of hydrogen-bond acceptors (Lipinski definition) is 3. The van der Waals surface area contributed by atoms with Crippen molar-refractivity contribution in [3.63, 3.8) is 0 Å². The van der Waals surface area contributed by atoms with Gasteiger partial charge in [-0.3, -0.25) is 4.79 Å². The summed E-state index contributed by atoms with van der Waals surface area (Å²) in [6.45, 7) is 20.1. The Balaban J connectivity index is 2.68. The van der Waals surface area contributed by atoms with Crippen LogP contribution in [0.25, 0.3) is 0 Å². The third-order valence-electron chi connectivity index (χ3n) is 7.38. The lowest BCUT2D eigenvalue weighted by Crippen LogP contribution is -2.49. The highest BCUT2D eigenvalue weighted by Crippen LogP contribution is 2.40. The summed E-state index contributed by atoms with van der Waals surface area (Å²) in [7, 11) is 0. The molecule has 1 aliphatic carbocycles. The van der Waals surface area contributed by atoms with Crippen LogP contribution in [0.3, 0.4) is 0 Å². The van der Waals surface area contributed by atoms with Crippen molar-refractivity contribution in [2.75, 3.05) is 0 Å². The predicted octanol–water partition coefficient (Wildman–Crippen LogP) is 9.89. The second-order valence-electron chi connectivity index (χ2n) is 12.3. The highest BCUT2D eigenvalue weighted by atomic mass is 16.3. The van der Waals surface area contributed by atoms with Gasteiger partial charge < -0.3 is 10.2 Å². The van der Waals surface area contributed by atoms with E-state index in [4.69, 9.17) is 0 Å². The van der Waals surface area contributed by atoms with Crippen molar-refractivity contribution in [3.8, 4) is 0 Å². The molecule has 0 heterocycles. The molecule has 1 rings (SSSR count).